The lowest BCUT2D eigenvalue weighted by atomic mass is 10.1. The Morgan fingerprint density at radius 2 is 1.83 bits per heavy atom. The number of primary sulfonamides is 1. The lowest BCUT2D eigenvalue weighted by Crippen LogP contribution is -2.36. The first-order valence-electron chi connectivity index (χ1n) is 9.36. The number of hydrogen-bond acceptors (Lipinski definition) is 6. The Kier molecular flexibility index (Phi) is 5.04. The Balaban J connectivity index is 1.39. The van der Waals surface area contributed by atoms with Crippen LogP contribution in [0.4, 0.5) is 5.69 Å². The smallest absolute Gasteiger partial charge is 0.313 e. The molecule has 156 valence electrons. The Morgan fingerprint density at radius 1 is 1.13 bits per heavy atom. The van der Waals surface area contributed by atoms with Crippen molar-refractivity contribution >= 4 is 38.6 Å². The van der Waals surface area contributed by atoms with Crippen molar-refractivity contribution in [3.05, 3.63) is 53.9 Å². The van der Waals surface area contributed by atoms with Crippen LogP contribution in [-0.4, -0.2) is 25.2 Å². The molecule has 1 aromatic heterocycles. The van der Waals surface area contributed by atoms with Crippen molar-refractivity contribution in [1.29, 1.82) is 0 Å². The van der Waals surface area contributed by atoms with Crippen LogP contribution in [-0.2, 0) is 19.6 Å². The van der Waals surface area contributed by atoms with Gasteiger partial charge < -0.3 is 15.1 Å². The SMILES string of the molecule is CC(NC(=O)C(=O)Nc1ccc2oc(C3CC3)nc2c1)c1ccc(S(N)(=O)=O)cc1. The zero-order valence-electron chi connectivity index (χ0n) is 16.1. The molecule has 0 radical (unpaired) electrons. The standard InChI is InChI=1S/C20H20N4O5S/c1-11(12-4-7-15(8-5-12)30(21,27)28)22-18(25)19(26)23-14-6-9-17-16(10-14)24-20(29-17)13-2-3-13/h4-11,13H,2-3H2,1H3,(H,22,25)(H,23,26)(H2,21,27,28). The van der Waals surface area contributed by atoms with Crippen molar-refractivity contribution in [2.45, 2.75) is 36.6 Å². The fourth-order valence-corrected chi connectivity index (χ4v) is 3.52. The van der Waals surface area contributed by atoms with Crippen LogP contribution in [0.1, 0.15) is 43.2 Å². The first-order chi connectivity index (χ1) is 14.2. The molecule has 0 bridgehead atoms. The van der Waals surface area contributed by atoms with Crippen molar-refractivity contribution in [3.8, 4) is 0 Å². The highest BCUT2D eigenvalue weighted by atomic mass is 32.2. The number of rotatable bonds is 5. The molecule has 10 heteroatoms. The van der Waals surface area contributed by atoms with Crippen LogP contribution >= 0.6 is 0 Å². The second kappa shape index (κ2) is 7.54. The van der Waals surface area contributed by atoms with Crippen LogP contribution in [0.25, 0.3) is 11.1 Å². The average molecular weight is 428 g/mol. The predicted octanol–water partition coefficient (Wildman–Crippen LogP) is 2.17. The van der Waals surface area contributed by atoms with Crippen LogP contribution in [0, 0.1) is 0 Å². The van der Waals surface area contributed by atoms with Crippen LogP contribution in [0.15, 0.2) is 51.8 Å². The largest absolute Gasteiger partial charge is 0.440 e. The van der Waals surface area contributed by atoms with Gasteiger partial charge in [-0.05, 0) is 55.7 Å². The molecule has 9 nitrogen and oxygen atoms in total. The summed E-state index contributed by atoms with van der Waals surface area (Å²) in [5, 5.41) is 10.2. The molecule has 1 unspecified atom stereocenters. The molecule has 1 aliphatic carbocycles. The summed E-state index contributed by atoms with van der Waals surface area (Å²) in [6.07, 6.45) is 2.14. The van der Waals surface area contributed by atoms with Gasteiger partial charge in [0.05, 0.1) is 10.9 Å². The van der Waals surface area contributed by atoms with E-state index in [0.29, 0.717) is 34.2 Å². The molecule has 2 aromatic carbocycles. The maximum Gasteiger partial charge on any atom is 0.313 e. The second-order valence-electron chi connectivity index (χ2n) is 7.27. The number of anilines is 1. The summed E-state index contributed by atoms with van der Waals surface area (Å²) < 4.78 is 28.3. The molecule has 4 rings (SSSR count). The summed E-state index contributed by atoms with van der Waals surface area (Å²) in [4.78, 5) is 28.9. The molecule has 1 saturated carbocycles. The minimum Gasteiger partial charge on any atom is -0.440 e. The molecule has 0 saturated heterocycles. The van der Waals surface area contributed by atoms with Crippen molar-refractivity contribution in [1.82, 2.24) is 10.3 Å². The molecule has 1 atom stereocenters. The molecular formula is C20H20N4O5S. The summed E-state index contributed by atoms with van der Waals surface area (Å²) in [5.41, 5.74) is 2.32. The summed E-state index contributed by atoms with van der Waals surface area (Å²) in [6.45, 7) is 1.68. The Morgan fingerprint density at radius 3 is 2.47 bits per heavy atom. The highest BCUT2D eigenvalue weighted by Crippen LogP contribution is 2.40. The number of nitrogens with zero attached hydrogens (tertiary/aromatic N) is 1. The summed E-state index contributed by atoms with van der Waals surface area (Å²) in [6, 6.07) is 10.2. The third kappa shape index (κ3) is 4.34. The summed E-state index contributed by atoms with van der Waals surface area (Å²) >= 11 is 0. The number of hydrogen-bond donors (Lipinski definition) is 3. The van der Waals surface area contributed by atoms with Crippen molar-refractivity contribution in [2.24, 2.45) is 5.14 Å². The fraction of sp³-hybridized carbons (Fsp3) is 0.250. The average Bonchev–Trinajstić information content (AvgIpc) is 3.46. The van der Waals surface area contributed by atoms with Gasteiger partial charge in [0.2, 0.25) is 10.0 Å². The van der Waals surface area contributed by atoms with E-state index in [1.165, 1.54) is 24.3 Å². The van der Waals surface area contributed by atoms with Gasteiger partial charge in [0.1, 0.15) is 5.52 Å². The van der Waals surface area contributed by atoms with Crippen molar-refractivity contribution in [2.75, 3.05) is 5.32 Å². The van der Waals surface area contributed by atoms with Crippen LogP contribution in [0.3, 0.4) is 0 Å². The van der Waals surface area contributed by atoms with Gasteiger partial charge in [-0.15, -0.1) is 0 Å². The third-order valence-corrected chi connectivity index (χ3v) is 5.78. The molecule has 1 aliphatic rings. The Hall–Kier alpha value is -3.24. The maximum atomic E-state index is 12.3. The monoisotopic (exact) mass is 428 g/mol. The van der Waals surface area contributed by atoms with E-state index in [2.05, 4.69) is 15.6 Å². The zero-order valence-corrected chi connectivity index (χ0v) is 16.9. The first-order valence-corrected chi connectivity index (χ1v) is 10.9. The topological polar surface area (TPSA) is 144 Å². The summed E-state index contributed by atoms with van der Waals surface area (Å²) in [5.74, 6) is -0.569. The quantitative estimate of drug-likeness (QED) is 0.531. The van der Waals surface area contributed by atoms with Crippen molar-refractivity contribution in [3.63, 3.8) is 0 Å². The predicted molar refractivity (Wildman–Crippen MR) is 109 cm³/mol. The minimum absolute atomic E-state index is 0.0318. The van der Waals surface area contributed by atoms with E-state index < -0.39 is 27.9 Å². The van der Waals surface area contributed by atoms with Crippen molar-refractivity contribution < 1.29 is 22.4 Å². The maximum absolute atomic E-state index is 12.3. The molecule has 3 aromatic rings. The normalized spacial score (nSPS) is 15.0. The molecule has 0 spiro atoms. The molecule has 2 amide bonds. The number of nitrogens with two attached hydrogens (primary N) is 1. The van der Waals surface area contributed by atoms with Gasteiger partial charge in [0.25, 0.3) is 0 Å². The first kappa shape index (κ1) is 20.0. The Labute approximate surface area is 172 Å². The van der Waals surface area contributed by atoms with E-state index in [9.17, 15) is 18.0 Å². The van der Waals surface area contributed by atoms with E-state index in [1.54, 1.807) is 25.1 Å². The van der Waals surface area contributed by atoms with E-state index in [4.69, 9.17) is 9.56 Å². The number of sulfonamides is 1. The van der Waals surface area contributed by atoms with Gasteiger partial charge >= 0.3 is 11.8 Å². The van der Waals surface area contributed by atoms with Crippen LogP contribution in [0.2, 0.25) is 0 Å². The second-order valence-corrected chi connectivity index (χ2v) is 8.83. The van der Waals surface area contributed by atoms with E-state index >= 15 is 0 Å². The van der Waals surface area contributed by atoms with Gasteiger partial charge in [-0.25, -0.2) is 18.5 Å². The van der Waals surface area contributed by atoms with Gasteiger partial charge in [-0.3, -0.25) is 9.59 Å². The lowest BCUT2D eigenvalue weighted by Gasteiger charge is -2.14. The van der Waals surface area contributed by atoms with Crippen LogP contribution in [0.5, 0.6) is 0 Å². The minimum atomic E-state index is -3.80. The van der Waals surface area contributed by atoms with Gasteiger partial charge in [0, 0.05) is 11.6 Å². The number of benzene rings is 2. The highest BCUT2D eigenvalue weighted by molar-refractivity contribution is 7.89. The molecule has 1 heterocycles. The Bertz CT molecular complexity index is 1230. The molecular weight excluding hydrogens is 408 g/mol. The highest BCUT2D eigenvalue weighted by Gasteiger charge is 2.29. The number of amides is 2. The number of carbonyl (C=O) groups excluding carboxylic acids is 2. The fourth-order valence-electron chi connectivity index (χ4n) is 3.01. The molecule has 4 N–H and O–H groups in total. The van der Waals surface area contributed by atoms with E-state index in [0.717, 1.165) is 12.8 Å². The van der Waals surface area contributed by atoms with Crippen LogP contribution < -0.4 is 15.8 Å². The zero-order chi connectivity index (χ0) is 21.5. The number of nitrogens with one attached hydrogen (secondary N) is 2. The number of carbonyl (C=O) groups is 2. The molecule has 30 heavy (non-hydrogen) atoms. The van der Waals surface area contributed by atoms with Gasteiger partial charge in [-0.1, -0.05) is 12.1 Å². The van der Waals surface area contributed by atoms with E-state index in [1.807, 2.05) is 0 Å². The number of aromatic nitrogens is 1. The van der Waals surface area contributed by atoms with E-state index in [-0.39, 0.29) is 4.90 Å². The van der Waals surface area contributed by atoms with Gasteiger partial charge in [-0.2, -0.15) is 0 Å². The lowest BCUT2D eigenvalue weighted by molar-refractivity contribution is -0.136. The molecule has 1 fully saturated rings. The third-order valence-electron chi connectivity index (χ3n) is 4.85. The number of oxazole rings is 1. The number of fused-ring (bicyclic) bond motifs is 1. The summed E-state index contributed by atoms with van der Waals surface area (Å²) in [7, 11) is -3.80. The molecule has 0 aliphatic heterocycles. The van der Waals surface area contributed by atoms with Gasteiger partial charge in [0.15, 0.2) is 11.5 Å².